The van der Waals surface area contributed by atoms with Crippen molar-refractivity contribution in [3.05, 3.63) is 150 Å². The first kappa shape index (κ1) is 36.7. The number of para-hydroxylation sites is 1. The molecule has 264 valence electrons. The second-order valence-corrected chi connectivity index (χ2v) is 14.0. The van der Waals surface area contributed by atoms with Crippen LogP contribution in [0.2, 0.25) is 0 Å². The maximum absolute atomic E-state index is 14.7. The van der Waals surface area contributed by atoms with Gasteiger partial charge in [-0.2, -0.15) is 0 Å². The first-order chi connectivity index (χ1) is 24.7. The molecule has 0 bridgehead atoms. The standard InChI is InChI=1S/C41H43N3O6S/c1-4-26-42-41(46)39(28-32-12-7-5-8-13-32)43(29-33-14-11-17-37(27-33)49-3)40(45)30-44(51(47,48)38-24-18-31(2)19-25-38)34-20-22-36(23-21-34)50-35-15-9-6-10-16-35/h5-25,27,39H,4,26,28-30H2,1-3H3,(H,42,46). The van der Waals surface area contributed by atoms with Gasteiger partial charge in [0.2, 0.25) is 11.8 Å². The first-order valence-electron chi connectivity index (χ1n) is 16.8. The van der Waals surface area contributed by atoms with Crippen molar-refractivity contribution in [1.82, 2.24) is 10.2 Å². The third kappa shape index (κ3) is 9.76. The topological polar surface area (TPSA) is 105 Å². The van der Waals surface area contributed by atoms with Crippen molar-refractivity contribution in [2.45, 2.75) is 44.2 Å². The van der Waals surface area contributed by atoms with Gasteiger partial charge in [-0.3, -0.25) is 13.9 Å². The predicted octanol–water partition coefficient (Wildman–Crippen LogP) is 7.16. The Kier molecular flexibility index (Phi) is 12.5. The molecule has 0 aliphatic heterocycles. The van der Waals surface area contributed by atoms with Crippen LogP contribution in [0, 0.1) is 6.92 Å². The number of methoxy groups -OCH3 is 1. The second-order valence-electron chi connectivity index (χ2n) is 12.1. The smallest absolute Gasteiger partial charge is 0.264 e. The minimum atomic E-state index is -4.25. The molecule has 5 rings (SSSR count). The summed E-state index contributed by atoms with van der Waals surface area (Å²) in [4.78, 5) is 30.1. The number of hydrogen-bond donors (Lipinski definition) is 1. The molecule has 0 radical (unpaired) electrons. The molecule has 1 unspecified atom stereocenters. The van der Waals surface area contributed by atoms with E-state index in [2.05, 4.69) is 5.32 Å². The van der Waals surface area contributed by atoms with E-state index in [0.29, 0.717) is 30.2 Å². The summed E-state index contributed by atoms with van der Waals surface area (Å²) in [5, 5.41) is 2.97. The lowest BCUT2D eigenvalue weighted by Gasteiger charge is -2.34. The number of benzene rings is 5. The summed E-state index contributed by atoms with van der Waals surface area (Å²) in [6.45, 7) is 3.73. The fraction of sp³-hybridized carbons (Fsp3) is 0.220. The molecule has 0 fully saturated rings. The molecule has 5 aromatic carbocycles. The average Bonchev–Trinajstić information content (AvgIpc) is 3.15. The van der Waals surface area contributed by atoms with Crippen LogP contribution in [0.5, 0.6) is 17.2 Å². The summed E-state index contributed by atoms with van der Waals surface area (Å²) in [7, 11) is -2.69. The molecule has 0 aliphatic carbocycles. The van der Waals surface area contributed by atoms with E-state index in [0.717, 1.165) is 21.0 Å². The van der Waals surface area contributed by atoms with Crippen molar-refractivity contribution in [3.63, 3.8) is 0 Å². The van der Waals surface area contributed by atoms with Crippen LogP contribution >= 0.6 is 0 Å². The first-order valence-corrected chi connectivity index (χ1v) is 18.3. The molecule has 2 amide bonds. The van der Waals surface area contributed by atoms with Gasteiger partial charge in [0.25, 0.3) is 10.0 Å². The molecular formula is C41H43N3O6S. The summed E-state index contributed by atoms with van der Waals surface area (Å²) in [6, 6.07) is 38.0. The molecule has 51 heavy (non-hydrogen) atoms. The third-order valence-electron chi connectivity index (χ3n) is 8.30. The Morgan fingerprint density at radius 1 is 0.745 bits per heavy atom. The number of rotatable bonds is 16. The zero-order valence-electron chi connectivity index (χ0n) is 29.1. The summed E-state index contributed by atoms with van der Waals surface area (Å²) >= 11 is 0. The molecule has 0 heterocycles. The summed E-state index contributed by atoms with van der Waals surface area (Å²) in [6.07, 6.45) is 0.933. The Bertz CT molecular complexity index is 1990. The average molecular weight is 706 g/mol. The molecular weight excluding hydrogens is 663 g/mol. The number of carbonyl (C=O) groups excluding carboxylic acids is 2. The molecule has 0 spiro atoms. The molecule has 0 aliphatic rings. The molecule has 1 atom stereocenters. The minimum absolute atomic E-state index is 0.0337. The zero-order valence-corrected chi connectivity index (χ0v) is 29.9. The fourth-order valence-corrected chi connectivity index (χ4v) is 6.97. The number of nitrogens with one attached hydrogen (secondary N) is 1. The molecule has 10 heteroatoms. The summed E-state index contributed by atoms with van der Waals surface area (Å²) < 4.78 is 41.3. The lowest BCUT2D eigenvalue weighted by molar-refractivity contribution is -0.140. The SMILES string of the molecule is CCCNC(=O)C(Cc1ccccc1)N(Cc1cccc(OC)c1)C(=O)CN(c1ccc(Oc2ccccc2)cc1)S(=O)(=O)c1ccc(C)cc1. The highest BCUT2D eigenvalue weighted by Crippen LogP contribution is 2.29. The highest BCUT2D eigenvalue weighted by atomic mass is 32.2. The van der Waals surface area contributed by atoms with Gasteiger partial charge in [0, 0.05) is 19.5 Å². The van der Waals surface area contributed by atoms with Crippen LogP contribution in [-0.4, -0.2) is 51.4 Å². The lowest BCUT2D eigenvalue weighted by atomic mass is 10.0. The number of anilines is 1. The summed E-state index contributed by atoms with van der Waals surface area (Å²) in [5.74, 6) is 0.844. The molecule has 9 nitrogen and oxygen atoms in total. The van der Waals surface area contributed by atoms with Crippen LogP contribution in [0.1, 0.15) is 30.0 Å². The van der Waals surface area contributed by atoms with E-state index in [9.17, 15) is 18.0 Å². The van der Waals surface area contributed by atoms with Gasteiger partial charge >= 0.3 is 0 Å². The van der Waals surface area contributed by atoms with Crippen molar-refractivity contribution < 1.29 is 27.5 Å². The molecule has 5 aromatic rings. The van der Waals surface area contributed by atoms with Crippen molar-refractivity contribution >= 4 is 27.5 Å². The maximum atomic E-state index is 14.7. The highest BCUT2D eigenvalue weighted by Gasteiger charge is 2.34. The number of hydrogen-bond acceptors (Lipinski definition) is 6. The van der Waals surface area contributed by atoms with Gasteiger partial charge in [0.1, 0.15) is 29.8 Å². The van der Waals surface area contributed by atoms with Gasteiger partial charge < -0.3 is 19.7 Å². The van der Waals surface area contributed by atoms with E-state index in [1.807, 2.05) is 86.6 Å². The monoisotopic (exact) mass is 705 g/mol. The molecule has 0 aromatic heterocycles. The van der Waals surface area contributed by atoms with E-state index >= 15 is 0 Å². The van der Waals surface area contributed by atoms with Crippen LogP contribution in [0.4, 0.5) is 5.69 Å². The lowest BCUT2D eigenvalue weighted by Crippen LogP contribution is -2.53. The van der Waals surface area contributed by atoms with Crippen LogP contribution < -0.4 is 19.1 Å². The maximum Gasteiger partial charge on any atom is 0.264 e. The van der Waals surface area contributed by atoms with Crippen LogP contribution in [0.15, 0.2) is 138 Å². The number of ether oxygens (including phenoxy) is 2. The number of sulfonamides is 1. The number of carbonyl (C=O) groups is 2. The van der Waals surface area contributed by atoms with Gasteiger partial charge in [0.05, 0.1) is 17.7 Å². The zero-order chi connectivity index (χ0) is 36.2. The van der Waals surface area contributed by atoms with Gasteiger partial charge in [-0.05, 0) is 85.1 Å². The van der Waals surface area contributed by atoms with Crippen molar-refractivity contribution in [2.24, 2.45) is 0 Å². The van der Waals surface area contributed by atoms with Crippen molar-refractivity contribution in [1.29, 1.82) is 0 Å². The van der Waals surface area contributed by atoms with E-state index in [-0.39, 0.29) is 29.5 Å². The van der Waals surface area contributed by atoms with Gasteiger partial charge in [0.15, 0.2) is 0 Å². The predicted molar refractivity (Wildman–Crippen MR) is 199 cm³/mol. The third-order valence-corrected chi connectivity index (χ3v) is 10.1. The Balaban J connectivity index is 1.56. The van der Waals surface area contributed by atoms with Crippen molar-refractivity contribution in [3.8, 4) is 17.2 Å². The van der Waals surface area contributed by atoms with E-state index < -0.39 is 28.5 Å². The van der Waals surface area contributed by atoms with Gasteiger partial charge in [-0.15, -0.1) is 0 Å². The fourth-order valence-electron chi connectivity index (χ4n) is 5.56. The van der Waals surface area contributed by atoms with Gasteiger partial charge in [-0.1, -0.05) is 85.3 Å². The van der Waals surface area contributed by atoms with Crippen molar-refractivity contribution in [2.75, 3.05) is 24.5 Å². The molecule has 1 N–H and O–H groups in total. The minimum Gasteiger partial charge on any atom is -0.497 e. The Hall–Kier alpha value is -5.61. The van der Waals surface area contributed by atoms with E-state index in [4.69, 9.17) is 9.47 Å². The highest BCUT2D eigenvalue weighted by molar-refractivity contribution is 7.92. The Morgan fingerprint density at radius 2 is 1.35 bits per heavy atom. The quantitative estimate of drug-likeness (QED) is 0.117. The van der Waals surface area contributed by atoms with Crippen LogP contribution in [0.3, 0.4) is 0 Å². The van der Waals surface area contributed by atoms with Gasteiger partial charge in [-0.25, -0.2) is 8.42 Å². The summed E-state index contributed by atoms with van der Waals surface area (Å²) in [5.41, 5.74) is 2.74. The van der Waals surface area contributed by atoms with E-state index in [1.54, 1.807) is 55.6 Å². The normalized spacial score (nSPS) is 11.7. The largest absolute Gasteiger partial charge is 0.497 e. The Labute approximate surface area is 300 Å². The van der Waals surface area contributed by atoms with Crippen LogP contribution in [-0.2, 0) is 32.6 Å². The van der Waals surface area contributed by atoms with E-state index in [1.165, 1.54) is 17.0 Å². The Morgan fingerprint density at radius 3 is 2.00 bits per heavy atom. The van der Waals surface area contributed by atoms with Crippen LogP contribution in [0.25, 0.3) is 0 Å². The molecule has 0 saturated heterocycles. The molecule has 0 saturated carbocycles. The second kappa shape index (κ2) is 17.4. The number of amides is 2. The number of aryl methyl sites for hydroxylation is 1. The number of nitrogens with zero attached hydrogens (tertiary/aromatic N) is 2.